The quantitative estimate of drug-likeness (QED) is 0.657. The number of ketones is 1. The molecule has 0 aliphatic carbocycles. The summed E-state index contributed by atoms with van der Waals surface area (Å²) in [7, 11) is 0. The van der Waals surface area contributed by atoms with Gasteiger partial charge in [0.25, 0.3) is 0 Å². The van der Waals surface area contributed by atoms with Gasteiger partial charge in [-0.15, -0.1) is 0 Å². The molecule has 0 unspecified atom stereocenters. The Bertz CT molecular complexity index is 806. The van der Waals surface area contributed by atoms with Gasteiger partial charge in [-0.2, -0.15) is 0 Å². The van der Waals surface area contributed by atoms with Crippen molar-refractivity contribution >= 4 is 16.6 Å². The van der Waals surface area contributed by atoms with Crippen LogP contribution in [0, 0.1) is 12.7 Å². The van der Waals surface area contributed by atoms with Crippen LogP contribution in [0.4, 0.5) is 4.39 Å². The summed E-state index contributed by atoms with van der Waals surface area (Å²) >= 11 is 0. The normalized spacial score (nSPS) is 10.7. The third-order valence-electron chi connectivity index (χ3n) is 3.35. The van der Waals surface area contributed by atoms with E-state index in [0.29, 0.717) is 16.7 Å². The van der Waals surface area contributed by atoms with Crippen LogP contribution in [0.2, 0.25) is 0 Å². The number of fused-ring (bicyclic) bond motifs is 1. The van der Waals surface area contributed by atoms with E-state index in [9.17, 15) is 9.18 Å². The van der Waals surface area contributed by atoms with E-state index < -0.39 is 0 Å². The number of carbonyl (C=O) groups excluding carboxylic acids is 1. The summed E-state index contributed by atoms with van der Waals surface area (Å²) in [6.45, 7) is 1.73. The second-order valence-electron chi connectivity index (χ2n) is 4.70. The fraction of sp³-hybridized carbons (Fsp3) is 0.0588. The van der Waals surface area contributed by atoms with Crippen LogP contribution < -0.4 is 0 Å². The molecule has 1 heterocycles. The van der Waals surface area contributed by atoms with Crippen molar-refractivity contribution in [3.05, 3.63) is 77.4 Å². The third kappa shape index (κ3) is 2.07. The topological polar surface area (TPSA) is 30.0 Å². The van der Waals surface area contributed by atoms with E-state index in [1.165, 1.54) is 18.2 Å². The number of aryl methyl sites for hydroxylation is 1. The van der Waals surface area contributed by atoms with Crippen molar-refractivity contribution in [2.75, 3.05) is 0 Å². The van der Waals surface area contributed by atoms with E-state index in [4.69, 9.17) is 0 Å². The predicted octanol–water partition coefficient (Wildman–Crippen LogP) is 3.91. The highest BCUT2D eigenvalue weighted by Crippen LogP contribution is 2.22. The average molecular weight is 265 g/mol. The van der Waals surface area contributed by atoms with Crippen LogP contribution in [-0.2, 0) is 0 Å². The number of carbonyl (C=O) groups is 1. The Balaban J connectivity index is 2.18. The Morgan fingerprint density at radius 1 is 1.05 bits per heavy atom. The molecule has 2 nitrogen and oxygen atoms in total. The number of pyridine rings is 1. The minimum absolute atomic E-state index is 0.133. The molecule has 0 bridgehead atoms. The van der Waals surface area contributed by atoms with Gasteiger partial charge in [0, 0.05) is 28.9 Å². The number of rotatable bonds is 2. The van der Waals surface area contributed by atoms with E-state index in [0.717, 1.165) is 10.8 Å². The second-order valence-corrected chi connectivity index (χ2v) is 4.70. The molecule has 3 heteroatoms. The van der Waals surface area contributed by atoms with Gasteiger partial charge in [-0.1, -0.05) is 24.3 Å². The first-order chi connectivity index (χ1) is 9.66. The molecule has 0 atom stereocenters. The van der Waals surface area contributed by atoms with Crippen LogP contribution >= 0.6 is 0 Å². The number of aromatic nitrogens is 1. The van der Waals surface area contributed by atoms with Crippen LogP contribution in [0.15, 0.2) is 54.9 Å². The maximum absolute atomic E-state index is 13.1. The lowest BCUT2D eigenvalue weighted by Crippen LogP contribution is -2.05. The number of halogens is 1. The van der Waals surface area contributed by atoms with Crippen LogP contribution in [0.1, 0.15) is 21.5 Å². The van der Waals surface area contributed by atoms with Crippen molar-refractivity contribution < 1.29 is 9.18 Å². The summed E-state index contributed by atoms with van der Waals surface area (Å²) in [4.78, 5) is 16.7. The van der Waals surface area contributed by atoms with Gasteiger partial charge >= 0.3 is 0 Å². The third-order valence-corrected chi connectivity index (χ3v) is 3.35. The summed E-state index contributed by atoms with van der Waals surface area (Å²) in [5.74, 6) is -0.470. The van der Waals surface area contributed by atoms with Gasteiger partial charge < -0.3 is 0 Å². The Kier molecular flexibility index (Phi) is 3.03. The van der Waals surface area contributed by atoms with Crippen molar-refractivity contribution in [2.45, 2.75) is 6.92 Å². The monoisotopic (exact) mass is 265 g/mol. The summed E-state index contributed by atoms with van der Waals surface area (Å²) < 4.78 is 13.1. The highest BCUT2D eigenvalue weighted by molar-refractivity contribution is 6.16. The first-order valence-electron chi connectivity index (χ1n) is 6.30. The molecule has 0 radical (unpaired) electrons. The molecule has 0 saturated carbocycles. The first kappa shape index (κ1) is 12.5. The van der Waals surface area contributed by atoms with E-state index in [1.807, 2.05) is 24.3 Å². The van der Waals surface area contributed by atoms with Crippen LogP contribution in [0.25, 0.3) is 10.8 Å². The number of nitrogens with zero attached hydrogens (tertiary/aromatic N) is 1. The largest absolute Gasteiger partial charge is 0.289 e. The molecule has 3 aromatic rings. The van der Waals surface area contributed by atoms with E-state index in [2.05, 4.69) is 4.98 Å². The molecule has 1 aromatic heterocycles. The van der Waals surface area contributed by atoms with E-state index >= 15 is 0 Å². The molecular formula is C17H12FNO. The first-order valence-corrected chi connectivity index (χ1v) is 6.30. The zero-order valence-corrected chi connectivity index (χ0v) is 10.9. The average Bonchev–Trinajstić information content (AvgIpc) is 2.46. The molecule has 3 rings (SSSR count). The van der Waals surface area contributed by atoms with Crippen molar-refractivity contribution in [1.29, 1.82) is 0 Å². The Morgan fingerprint density at radius 2 is 1.85 bits per heavy atom. The van der Waals surface area contributed by atoms with Gasteiger partial charge in [-0.25, -0.2) is 4.39 Å². The van der Waals surface area contributed by atoms with Crippen molar-refractivity contribution in [3.8, 4) is 0 Å². The zero-order chi connectivity index (χ0) is 14.1. The smallest absolute Gasteiger partial charge is 0.195 e. The van der Waals surface area contributed by atoms with Crippen LogP contribution in [0.5, 0.6) is 0 Å². The molecule has 0 amide bonds. The van der Waals surface area contributed by atoms with Gasteiger partial charge in [0.2, 0.25) is 0 Å². The predicted molar refractivity (Wildman–Crippen MR) is 76.3 cm³/mol. The fourth-order valence-electron chi connectivity index (χ4n) is 2.32. The van der Waals surface area contributed by atoms with Gasteiger partial charge in [0.15, 0.2) is 5.78 Å². The lowest BCUT2D eigenvalue weighted by Gasteiger charge is -2.07. The maximum Gasteiger partial charge on any atom is 0.195 e. The van der Waals surface area contributed by atoms with Gasteiger partial charge in [-0.3, -0.25) is 9.78 Å². The second kappa shape index (κ2) is 4.85. The Hall–Kier alpha value is -2.55. The molecule has 0 aliphatic heterocycles. The summed E-state index contributed by atoms with van der Waals surface area (Å²) in [5, 5.41) is 1.77. The van der Waals surface area contributed by atoms with E-state index in [1.54, 1.807) is 19.3 Å². The summed E-state index contributed by atoms with van der Waals surface area (Å²) in [6.07, 6.45) is 3.29. The number of benzene rings is 2. The summed E-state index contributed by atoms with van der Waals surface area (Å²) in [5.41, 5.74) is 1.67. The van der Waals surface area contributed by atoms with Crippen molar-refractivity contribution in [2.24, 2.45) is 0 Å². The molecule has 98 valence electrons. The van der Waals surface area contributed by atoms with Gasteiger partial charge in [0.05, 0.1) is 0 Å². The van der Waals surface area contributed by atoms with Crippen molar-refractivity contribution in [1.82, 2.24) is 4.98 Å². The van der Waals surface area contributed by atoms with Crippen LogP contribution in [-0.4, -0.2) is 10.8 Å². The van der Waals surface area contributed by atoms with Gasteiger partial charge in [0.1, 0.15) is 5.82 Å². The molecular weight excluding hydrogens is 253 g/mol. The minimum Gasteiger partial charge on any atom is -0.289 e. The minimum atomic E-state index is -0.338. The zero-order valence-electron chi connectivity index (χ0n) is 10.9. The molecule has 2 aromatic carbocycles. The Labute approximate surface area is 115 Å². The molecule has 0 spiro atoms. The molecule has 0 saturated heterocycles. The Morgan fingerprint density at radius 3 is 2.65 bits per heavy atom. The number of hydrogen-bond acceptors (Lipinski definition) is 2. The van der Waals surface area contributed by atoms with Crippen LogP contribution in [0.3, 0.4) is 0 Å². The number of hydrogen-bond donors (Lipinski definition) is 0. The molecule has 0 fully saturated rings. The fourth-order valence-corrected chi connectivity index (χ4v) is 2.32. The molecule has 0 aliphatic rings. The highest BCUT2D eigenvalue weighted by atomic mass is 19.1. The SMILES string of the molecule is Cc1cc(F)ccc1C(=O)c1cncc2ccccc12. The van der Waals surface area contributed by atoms with E-state index in [-0.39, 0.29) is 11.6 Å². The lowest BCUT2D eigenvalue weighted by atomic mass is 9.96. The summed E-state index contributed by atoms with van der Waals surface area (Å²) in [6, 6.07) is 11.8. The van der Waals surface area contributed by atoms with Crippen molar-refractivity contribution in [3.63, 3.8) is 0 Å². The lowest BCUT2D eigenvalue weighted by molar-refractivity contribution is 0.103. The highest BCUT2D eigenvalue weighted by Gasteiger charge is 2.15. The molecule has 0 N–H and O–H groups in total. The van der Waals surface area contributed by atoms with Gasteiger partial charge in [-0.05, 0) is 36.1 Å². The molecule has 20 heavy (non-hydrogen) atoms. The maximum atomic E-state index is 13.1. The standard InChI is InChI=1S/C17H12FNO/c1-11-8-13(18)6-7-14(11)17(20)16-10-19-9-12-4-2-3-5-15(12)16/h2-10H,1H3.